The average molecular weight is 511 g/mol. The van der Waals surface area contributed by atoms with E-state index >= 15 is 0 Å². The predicted molar refractivity (Wildman–Crippen MR) is 150 cm³/mol. The molecule has 3 aromatic carbocycles. The summed E-state index contributed by atoms with van der Waals surface area (Å²) in [4.78, 5) is 31.7. The number of amides is 2. The summed E-state index contributed by atoms with van der Waals surface area (Å²) in [5.74, 6) is -0.337. The minimum Gasteiger partial charge on any atom is -0.392 e. The second-order valence-corrected chi connectivity index (χ2v) is 10.8. The maximum absolute atomic E-state index is 13.8. The van der Waals surface area contributed by atoms with E-state index in [0.717, 1.165) is 44.5 Å². The van der Waals surface area contributed by atoms with Crippen molar-refractivity contribution in [1.29, 1.82) is 0 Å². The lowest BCUT2D eigenvalue weighted by atomic mass is 10.0. The van der Waals surface area contributed by atoms with E-state index in [0.29, 0.717) is 19.4 Å². The molecule has 7 heteroatoms. The highest BCUT2D eigenvalue weighted by molar-refractivity contribution is 6.00. The number of nitrogens with one attached hydrogen (secondary N) is 2. The van der Waals surface area contributed by atoms with Gasteiger partial charge in [0.05, 0.1) is 13.2 Å². The van der Waals surface area contributed by atoms with Crippen molar-refractivity contribution in [3.63, 3.8) is 0 Å². The number of aliphatic hydroxyl groups is 1. The number of nitrogens with two attached hydrogens (primary N) is 1. The molecule has 4 aromatic rings. The number of anilines is 1. The van der Waals surface area contributed by atoms with Gasteiger partial charge in [-0.05, 0) is 67.6 Å². The fourth-order valence-electron chi connectivity index (χ4n) is 5.20. The third kappa shape index (κ3) is 5.49. The first-order valence-electron chi connectivity index (χ1n) is 13.0. The smallest absolute Gasteiger partial charge is 0.249 e. The van der Waals surface area contributed by atoms with Crippen LogP contribution in [0.2, 0.25) is 0 Å². The number of aryl methyl sites for hydroxylation is 1. The summed E-state index contributed by atoms with van der Waals surface area (Å²) >= 11 is 0. The Balaban J connectivity index is 1.44. The number of fused-ring (bicyclic) bond motifs is 2. The summed E-state index contributed by atoms with van der Waals surface area (Å²) in [5, 5.41) is 13.7. The number of carbonyl (C=O) groups is 2. The molecule has 0 aliphatic carbocycles. The monoisotopic (exact) mass is 510 g/mol. The lowest BCUT2D eigenvalue weighted by molar-refractivity contribution is -0.128. The van der Waals surface area contributed by atoms with Crippen LogP contribution < -0.4 is 16.0 Å². The number of para-hydroxylation sites is 1. The highest BCUT2D eigenvalue weighted by atomic mass is 16.3. The maximum atomic E-state index is 13.8. The van der Waals surface area contributed by atoms with Gasteiger partial charge in [0.2, 0.25) is 11.8 Å². The van der Waals surface area contributed by atoms with Gasteiger partial charge >= 0.3 is 0 Å². The van der Waals surface area contributed by atoms with Crippen LogP contribution >= 0.6 is 0 Å². The summed E-state index contributed by atoms with van der Waals surface area (Å²) in [7, 11) is 0. The quantitative estimate of drug-likeness (QED) is 0.295. The number of aromatic nitrogens is 1. The number of carbonyl (C=O) groups excluding carboxylic acids is 2. The first-order valence-corrected chi connectivity index (χ1v) is 13.0. The van der Waals surface area contributed by atoms with Crippen LogP contribution in [0.5, 0.6) is 0 Å². The first-order chi connectivity index (χ1) is 18.2. The molecular formula is C31H34N4O3. The lowest BCUT2D eigenvalue weighted by Crippen LogP contribution is -2.49. The third-order valence-electron chi connectivity index (χ3n) is 7.00. The molecule has 5 N–H and O–H groups in total. The van der Waals surface area contributed by atoms with Gasteiger partial charge in [0.15, 0.2) is 0 Å². The van der Waals surface area contributed by atoms with Gasteiger partial charge in [-0.2, -0.15) is 0 Å². The molecule has 0 bridgehead atoms. The van der Waals surface area contributed by atoms with E-state index in [-0.39, 0.29) is 24.8 Å². The summed E-state index contributed by atoms with van der Waals surface area (Å²) in [6.07, 6.45) is 1.38. The van der Waals surface area contributed by atoms with Gasteiger partial charge in [-0.3, -0.25) is 9.59 Å². The fourth-order valence-corrected chi connectivity index (χ4v) is 5.20. The number of H-pyrrole nitrogens is 1. The Kier molecular flexibility index (Phi) is 7.06. The van der Waals surface area contributed by atoms with Crippen molar-refractivity contribution in [3.05, 3.63) is 89.5 Å². The van der Waals surface area contributed by atoms with Gasteiger partial charge < -0.3 is 26.0 Å². The number of hydrogen-bond donors (Lipinski definition) is 4. The van der Waals surface area contributed by atoms with E-state index < -0.39 is 11.6 Å². The second-order valence-electron chi connectivity index (χ2n) is 10.8. The van der Waals surface area contributed by atoms with Crippen LogP contribution in [0, 0.1) is 0 Å². The van der Waals surface area contributed by atoms with Gasteiger partial charge in [0.1, 0.15) is 6.04 Å². The molecule has 0 fully saturated rings. The van der Waals surface area contributed by atoms with Crippen molar-refractivity contribution >= 4 is 28.4 Å². The molecule has 1 aromatic heterocycles. The Morgan fingerprint density at radius 1 is 1.11 bits per heavy atom. The number of aromatic amines is 1. The Hall–Kier alpha value is -3.94. The molecule has 1 aliphatic heterocycles. The zero-order chi connectivity index (χ0) is 26.9. The molecule has 2 amide bonds. The number of hydrogen-bond acceptors (Lipinski definition) is 4. The van der Waals surface area contributed by atoms with Gasteiger partial charge in [0, 0.05) is 39.8 Å². The minimum absolute atomic E-state index is 0.0340. The zero-order valence-corrected chi connectivity index (χ0v) is 21.8. The first kappa shape index (κ1) is 25.7. The predicted octanol–water partition coefficient (Wildman–Crippen LogP) is 4.42. The highest BCUT2D eigenvalue weighted by Crippen LogP contribution is 2.31. The largest absolute Gasteiger partial charge is 0.392 e. The Morgan fingerprint density at radius 2 is 1.87 bits per heavy atom. The molecular weight excluding hydrogens is 476 g/mol. The number of nitrogens with zero attached hydrogens (tertiary/aromatic N) is 1. The molecule has 196 valence electrons. The van der Waals surface area contributed by atoms with E-state index in [2.05, 4.69) is 22.4 Å². The maximum Gasteiger partial charge on any atom is 0.249 e. The standard InChI is InChI=1S/C31H34N4O3/c1-31(2,32)17-29(37)34-26-14-12-21-7-4-6-10-28(21)35(30(26)38)18-20-11-13-25-23(15-20)16-27(33-25)24-9-5-3-8-22(24)19-36/h3-11,13,15-16,26,33,36H,12,14,17-19,32H2,1-2H3,(H,34,37)/t26-/m1/s1. The highest BCUT2D eigenvalue weighted by Gasteiger charge is 2.32. The van der Waals surface area contributed by atoms with E-state index in [1.165, 1.54) is 0 Å². The zero-order valence-electron chi connectivity index (χ0n) is 21.8. The van der Waals surface area contributed by atoms with Crippen molar-refractivity contribution in [2.75, 3.05) is 4.90 Å². The lowest BCUT2D eigenvalue weighted by Gasteiger charge is -2.27. The van der Waals surface area contributed by atoms with Crippen LogP contribution in [-0.4, -0.2) is 33.5 Å². The molecule has 0 saturated heterocycles. The average Bonchev–Trinajstić information content (AvgIpc) is 3.26. The van der Waals surface area contributed by atoms with Crippen LogP contribution in [0.15, 0.2) is 72.8 Å². The number of aliphatic hydroxyl groups excluding tert-OH is 1. The van der Waals surface area contributed by atoms with Crippen molar-refractivity contribution < 1.29 is 14.7 Å². The molecule has 0 spiro atoms. The van der Waals surface area contributed by atoms with Crippen LogP contribution in [-0.2, 0) is 29.2 Å². The molecule has 0 radical (unpaired) electrons. The van der Waals surface area contributed by atoms with E-state index in [4.69, 9.17) is 5.73 Å². The van der Waals surface area contributed by atoms with Crippen molar-refractivity contribution in [1.82, 2.24) is 10.3 Å². The van der Waals surface area contributed by atoms with Crippen molar-refractivity contribution in [2.24, 2.45) is 5.73 Å². The molecule has 38 heavy (non-hydrogen) atoms. The van der Waals surface area contributed by atoms with Crippen LogP contribution in [0.1, 0.15) is 43.4 Å². The molecule has 1 atom stereocenters. The Labute approximate surface area is 222 Å². The van der Waals surface area contributed by atoms with Gasteiger partial charge in [-0.1, -0.05) is 48.5 Å². The van der Waals surface area contributed by atoms with Crippen molar-refractivity contribution in [3.8, 4) is 11.3 Å². The third-order valence-corrected chi connectivity index (χ3v) is 7.00. The van der Waals surface area contributed by atoms with Crippen LogP contribution in [0.4, 0.5) is 5.69 Å². The Morgan fingerprint density at radius 3 is 2.66 bits per heavy atom. The molecule has 2 heterocycles. The second kappa shape index (κ2) is 10.4. The summed E-state index contributed by atoms with van der Waals surface area (Å²) in [6, 6.07) is 23.3. The molecule has 1 aliphatic rings. The van der Waals surface area contributed by atoms with Crippen LogP contribution in [0.3, 0.4) is 0 Å². The Bertz CT molecular complexity index is 1480. The summed E-state index contributed by atoms with van der Waals surface area (Å²) in [6.45, 7) is 3.95. The van der Waals surface area contributed by atoms with Crippen LogP contribution in [0.25, 0.3) is 22.2 Å². The minimum atomic E-state index is -0.650. The number of rotatable bonds is 7. The van der Waals surface area contributed by atoms with Crippen molar-refractivity contribution in [2.45, 2.75) is 57.8 Å². The topological polar surface area (TPSA) is 111 Å². The van der Waals surface area contributed by atoms with Gasteiger partial charge in [-0.25, -0.2) is 0 Å². The molecule has 0 unspecified atom stereocenters. The summed E-state index contributed by atoms with van der Waals surface area (Å²) in [5.41, 5.74) is 12.1. The van der Waals surface area contributed by atoms with E-state index in [1.807, 2.05) is 60.7 Å². The SMILES string of the molecule is CC(C)(N)CC(=O)N[C@@H]1CCc2ccccc2N(Cc2ccc3[nH]c(-c4ccccc4CO)cc3c2)C1=O. The summed E-state index contributed by atoms with van der Waals surface area (Å²) < 4.78 is 0. The van der Waals surface area contributed by atoms with E-state index in [9.17, 15) is 14.7 Å². The van der Waals surface area contributed by atoms with Gasteiger partial charge in [-0.15, -0.1) is 0 Å². The van der Waals surface area contributed by atoms with E-state index in [1.54, 1.807) is 18.7 Å². The molecule has 7 nitrogen and oxygen atoms in total. The molecule has 0 saturated carbocycles. The van der Waals surface area contributed by atoms with Gasteiger partial charge in [0.25, 0.3) is 0 Å². The normalized spacial score (nSPS) is 15.8. The molecule has 5 rings (SSSR count). The number of benzene rings is 3. The fraction of sp³-hybridized carbons (Fsp3) is 0.290.